The summed E-state index contributed by atoms with van der Waals surface area (Å²) in [6, 6.07) is 19.4. The van der Waals surface area contributed by atoms with Gasteiger partial charge in [0.2, 0.25) is 0 Å². The lowest BCUT2D eigenvalue weighted by molar-refractivity contribution is 0.393. The van der Waals surface area contributed by atoms with E-state index in [1.807, 2.05) is 12.3 Å². The maximum Gasteiger partial charge on any atom is 0.0780 e. The van der Waals surface area contributed by atoms with Crippen molar-refractivity contribution < 1.29 is 0 Å². The van der Waals surface area contributed by atoms with Gasteiger partial charge in [0.25, 0.3) is 0 Å². The monoisotopic (exact) mass is 275 g/mol. The Kier molecular flexibility index (Phi) is 4.01. The number of hydrogen-bond donors (Lipinski definition) is 0. The van der Waals surface area contributed by atoms with E-state index < -0.39 is 0 Å². The smallest absolute Gasteiger partial charge is 0.0780 e. The van der Waals surface area contributed by atoms with Gasteiger partial charge in [0.15, 0.2) is 0 Å². The number of allylic oxidation sites excluding steroid dienone is 1. The summed E-state index contributed by atoms with van der Waals surface area (Å²) in [5, 5.41) is 0. The fourth-order valence-electron chi connectivity index (χ4n) is 3.33. The Morgan fingerprint density at radius 3 is 2.52 bits per heavy atom. The molecular formula is C20H21N. The van der Waals surface area contributed by atoms with Gasteiger partial charge in [-0.3, -0.25) is 4.99 Å². The summed E-state index contributed by atoms with van der Waals surface area (Å²) in [4.78, 5) is 4.89. The van der Waals surface area contributed by atoms with Gasteiger partial charge in [0.1, 0.15) is 0 Å². The molecule has 2 aromatic carbocycles. The quantitative estimate of drug-likeness (QED) is 0.686. The van der Waals surface area contributed by atoms with Crippen LogP contribution in [0.15, 0.2) is 72.2 Å². The average Bonchev–Trinajstić information content (AvgIpc) is 2.67. The molecule has 0 N–H and O–H groups in total. The number of rotatable bonds is 3. The first-order chi connectivity index (χ1) is 10.3. The number of hydrogen-bond acceptors (Lipinski definition) is 1. The molecule has 0 aromatic heterocycles. The van der Waals surface area contributed by atoms with E-state index >= 15 is 0 Å². The van der Waals surface area contributed by atoms with Crippen LogP contribution in [0.2, 0.25) is 0 Å². The van der Waals surface area contributed by atoms with E-state index in [0.29, 0.717) is 11.8 Å². The third-order valence-corrected chi connectivity index (χ3v) is 4.46. The molecule has 1 heterocycles. The van der Waals surface area contributed by atoms with E-state index in [1.54, 1.807) is 0 Å². The zero-order valence-electron chi connectivity index (χ0n) is 12.4. The van der Waals surface area contributed by atoms with Gasteiger partial charge in [-0.1, -0.05) is 67.6 Å². The minimum Gasteiger partial charge on any atom is -0.284 e. The van der Waals surface area contributed by atoms with E-state index in [-0.39, 0.29) is 6.04 Å². The summed E-state index contributed by atoms with van der Waals surface area (Å²) in [5.74, 6) is 0.914. The second kappa shape index (κ2) is 6.09. The van der Waals surface area contributed by atoms with E-state index in [0.717, 1.165) is 6.42 Å². The molecule has 0 radical (unpaired) electrons. The van der Waals surface area contributed by atoms with Crippen molar-refractivity contribution in [2.45, 2.75) is 25.3 Å². The van der Waals surface area contributed by atoms with Crippen LogP contribution >= 0.6 is 0 Å². The molecule has 0 bridgehead atoms. The number of aliphatic imine (C=N–C) groups is 1. The van der Waals surface area contributed by atoms with Crippen LogP contribution in [0.5, 0.6) is 0 Å². The Hall–Kier alpha value is -2.15. The highest BCUT2D eigenvalue weighted by molar-refractivity contribution is 5.82. The lowest BCUT2D eigenvalue weighted by atomic mass is 9.78. The number of fused-ring (bicyclic) bond motifs is 1. The fourth-order valence-corrected chi connectivity index (χ4v) is 3.33. The summed E-state index contributed by atoms with van der Waals surface area (Å²) in [6.45, 7) is 6.26. The molecule has 1 aliphatic heterocycles. The average molecular weight is 275 g/mol. The fraction of sp³-hybridized carbons (Fsp3) is 0.250. The van der Waals surface area contributed by atoms with Crippen LogP contribution in [-0.4, -0.2) is 6.21 Å². The number of nitrogens with zero attached hydrogens (tertiary/aromatic N) is 1. The molecule has 1 aliphatic rings. The maximum absolute atomic E-state index is 4.89. The van der Waals surface area contributed by atoms with Crippen molar-refractivity contribution in [3.63, 3.8) is 0 Å². The van der Waals surface area contributed by atoms with Crippen molar-refractivity contribution in [1.82, 2.24) is 0 Å². The van der Waals surface area contributed by atoms with Crippen molar-refractivity contribution in [3.05, 3.63) is 83.9 Å². The summed E-state index contributed by atoms with van der Waals surface area (Å²) >= 11 is 0. The molecule has 1 nitrogen and oxygen atoms in total. The SMILES string of the molecule is C=CC[C@@H]1c2ccccc2C=N[C@@H](c2ccccc2)[C@H]1C. The third-order valence-electron chi connectivity index (χ3n) is 4.46. The second-order valence-electron chi connectivity index (χ2n) is 5.75. The molecule has 106 valence electrons. The van der Waals surface area contributed by atoms with E-state index in [4.69, 9.17) is 4.99 Å². The van der Waals surface area contributed by atoms with E-state index in [1.165, 1.54) is 16.7 Å². The molecule has 0 amide bonds. The zero-order valence-corrected chi connectivity index (χ0v) is 12.4. The first kappa shape index (κ1) is 13.8. The van der Waals surface area contributed by atoms with Crippen LogP contribution in [-0.2, 0) is 0 Å². The second-order valence-corrected chi connectivity index (χ2v) is 5.75. The Balaban J connectivity index is 2.06. The predicted molar refractivity (Wildman–Crippen MR) is 89.9 cm³/mol. The summed E-state index contributed by atoms with van der Waals surface area (Å²) < 4.78 is 0. The first-order valence-corrected chi connectivity index (χ1v) is 7.59. The van der Waals surface area contributed by atoms with Gasteiger partial charge in [-0.05, 0) is 34.9 Å². The Bertz CT molecular complexity index is 642. The molecule has 0 saturated heterocycles. The molecule has 3 rings (SSSR count). The van der Waals surface area contributed by atoms with Crippen LogP contribution < -0.4 is 0 Å². The van der Waals surface area contributed by atoms with Crippen LogP contribution in [0.25, 0.3) is 0 Å². The lowest BCUT2D eigenvalue weighted by Crippen LogP contribution is -2.16. The lowest BCUT2D eigenvalue weighted by Gasteiger charge is -2.27. The number of benzene rings is 2. The summed E-state index contributed by atoms with van der Waals surface area (Å²) in [7, 11) is 0. The summed E-state index contributed by atoms with van der Waals surface area (Å²) in [6.07, 6.45) is 5.07. The van der Waals surface area contributed by atoms with Gasteiger partial charge in [0.05, 0.1) is 6.04 Å². The largest absolute Gasteiger partial charge is 0.284 e. The zero-order chi connectivity index (χ0) is 14.7. The minimum atomic E-state index is 0.212. The molecule has 0 fully saturated rings. The van der Waals surface area contributed by atoms with Gasteiger partial charge in [-0.15, -0.1) is 6.58 Å². The van der Waals surface area contributed by atoms with Crippen molar-refractivity contribution >= 4 is 6.21 Å². The first-order valence-electron chi connectivity index (χ1n) is 7.59. The Labute approximate surface area is 127 Å². The van der Waals surface area contributed by atoms with Gasteiger partial charge < -0.3 is 0 Å². The van der Waals surface area contributed by atoms with Gasteiger partial charge >= 0.3 is 0 Å². The molecule has 2 aromatic rings. The molecule has 0 aliphatic carbocycles. The van der Waals surface area contributed by atoms with Crippen LogP contribution in [0.4, 0.5) is 0 Å². The maximum atomic E-state index is 4.89. The van der Waals surface area contributed by atoms with Crippen LogP contribution in [0.3, 0.4) is 0 Å². The molecule has 3 atom stereocenters. The minimum absolute atomic E-state index is 0.212. The van der Waals surface area contributed by atoms with Crippen molar-refractivity contribution in [1.29, 1.82) is 0 Å². The normalized spacial score (nSPS) is 24.1. The Morgan fingerprint density at radius 2 is 1.76 bits per heavy atom. The Morgan fingerprint density at radius 1 is 1.05 bits per heavy atom. The molecule has 0 unspecified atom stereocenters. The van der Waals surface area contributed by atoms with Gasteiger partial charge in [-0.25, -0.2) is 0 Å². The molecular weight excluding hydrogens is 254 g/mol. The van der Waals surface area contributed by atoms with Crippen LogP contribution in [0, 0.1) is 5.92 Å². The molecule has 0 saturated carbocycles. The van der Waals surface area contributed by atoms with Gasteiger partial charge in [-0.2, -0.15) is 0 Å². The van der Waals surface area contributed by atoms with Crippen molar-refractivity contribution in [2.24, 2.45) is 10.9 Å². The van der Waals surface area contributed by atoms with Crippen molar-refractivity contribution in [3.8, 4) is 0 Å². The van der Waals surface area contributed by atoms with Crippen LogP contribution in [0.1, 0.15) is 42.0 Å². The predicted octanol–water partition coefficient (Wildman–Crippen LogP) is 5.16. The topological polar surface area (TPSA) is 12.4 Å². The van der Waals surface area contributed by atoms with E-state index in [2.05, 4.69) is 68.1 Å². The van der Waals surface area contributed by atoms with Crippen molar-refractivity contribution in [2.75, 3.05) is 0 Å². The highest BCUT2D eigenvalue weighted by Gasteiger charge is 2.29. The summed E-state index contributed by atoms with van der Waals surface area (Å²) in [5.41, 5.74) is 3.94. The molecule has 0 spiro atoms. The molecule has 21 heavy (non-hydrogen) atoms. The highest BCUT2D eigenvalue weighted by Crippen LogP contribution is 2.41. The standard InChI is InChI=1S/C20H21N/c1-3-9-18-15(2)20(16-10-5-4-6-11-16)21-14-17-12-7-8-13-19(17)18/h3-8,10-15,18,20H,1,9H2,2H3/t15-,18-,20+/m0/s1. The van der Waals surface area contributed by atoms with E-state index in [9.17, 15) is 0 Å². The third kappa shape index (κ3) is 2.69. The molecule has 1 heteroatoms. The van der Waals surface area contributed by atoms with Gasteiger partial charge in [0, 0.05) is 6.21 Å². The highest BCUT2D eigenvalue weighted by atomic mass is 14.8.